The molecule has 0 aliphatic rings. The van der Waals surface area contributed by atoms with E-state index in [4.69, 9.17) is 0 Å². The molecule has 138 valence electrons. The molecule has 0 saturated heterocycles. The highest BCUT2D eigenvalue weighted by atomic mass is 32.2. The van der Waals surface area contributed by atoms with Crippen molar-refractivity contribution in [3.05, 3.63) is 71.8 Å². The van der Waals surface area contributed by atoms with Crippen LogP contribution < -0.4 is 0 Å². The number of carbonyl (C=O) groups is 1. The SMILES string of the molecule is Cc1ccc(CSc2nc(SC(C)C(=O)O)cc(-c3ccccc3)n2)cc1. The van der Waals surface area contributed by atoms with Gasteiger partial charge in [0.15, 0.2) is 5.16 Å². The number of nitrogens with zero attached hydrogens (tertiary/aromatic N) is 2. The van der Waals surface area contributed by atoms with Crippen LogP contribution in [0, 0.1) is 6.92 Å². The first-order valence-electron chi connectivity index (χ1n) is 8.53. The zero-order valence-electron chi connectivity index (χ0n) is 15.1. The number of aliphatic carboxylic acids is 1. The van der Waals surface area contributed by atoms with Gasteiger partial charge in [0.1, 0.15) is 10.3 Å². The lowest BCUT2D eigenvalue weighted by Crippen LogP contribution is -2.11. The van der Waals surface area contributed by atoms with Crippen LogP contribution in [-0.2, 0) is 10.5 Å². The van der Waals surface area contributed by atoms with Crippen LogP contribution in [0.3, 0.4) is 0 Å². The number of carboxylic acids is 1. The molecule has 6 heteroatoms. The van der Waals surface area contributed by atoms with Gasteiger partial charge in [0.05, 0.1) is 5.69 Å². The first-order chi connectivity index (χ1) is 13.0. The highest BCUT2D eigenvalue weighted by Gasteiger charge is 2.16. The fourth-order valence-electron chi connectivity index (χ4n) is 2.35. The Kier molecular flexibility index (Phi) is 6.53. The first-order valence-corrected chi connectivity index (χ1v) is 10.4. The van der Waals surface area contributed by atoms with Crippen LogP contribution >= 0.6 is 23.5 Å². The van der Waals surface area contributed by atoms with E-state index in [1.54, 1.807) is 18.7 Å². The van der Waals surface area contributed by atoms with Gasteiger partial charge in [0, 0.05) is 11.3 Å². The number of rotatable bonds is 7. The number of thioether (sulfide) groups is 2. The molecule has 0 amide bonds. The Labute approximate surface area is 167 Å². The molecule has 1 unspecified atom stereocenters. The predicted molar refractivity (Wildman–Crippen MR) is 111 cm³/mol. The molecule has 4 nitrogen and oxygen atoms in total. The zero-order chi connectivity index (χ0) is 19.2. The highest BCUT2D eigenvalue weighted by Crippen LogP contribution is 2.29. The Morgan fingerprint density at radius 3 is 2.44 bits per heavy atom. The van der Waals surface area contributed by atoms with Gasteiger partial charge in [-0.15, -0.1) is 0 Å². The van der Waals surface area contributed by atoms with Crippen LogP contribution in [0.4, 0.5) is 0 Å². The number of aromatic nitrogens is 2. The molecule has 2 aromatic carbocycles. The van der Waals surface area contributed by atoms with Gasteiger partial charge in [-0.1, -0.05) is 83.7 Å². The summed E-state index contributed by atoms with van der Waals surface area (Å²) in [5.74, 6) is -0.0920. The fourth-order valence-corrected chi connectivity index (χ4v) is 4.00. The van der Waals surface area contributed by atoms with E-state index in [0.717, 1.165) is 17.0 Å². The lowest BCUT2D eigenvalue weighted by molar-refractivity contribution is -0.136. The molecule has 3 aromatic rings. The van der Waals surface area contributed by atoms with Crippen molar-refractivity contribution in [3.8, 4) is 11.3 Å². The summed E-state index contributed by atoms with van der Waals surface area (Å²) in [7, 11) is 0. The van der Waals surface area contributed by atoms with Crippen molar-refractivity contribution >= 4 is 29.5 Å². The van der Waals surface area contributed by atoms with E-state index in [1.165, 1.54) is 22.9 Å². The second kappa shape index (κ2) is 9.06. The molecule has 1 aromatic heterocycles. The van der Waals surface area contributed by atoms with Crippen LogP contribution in [0.15, 0.2) is 70.8 Å². The van der Waals surface area contributed by atoms with Gasteiger partial charge in [0.2, 0.25) is 0 Å². The van der Waals surface area contributed by atoms with E-state index in [9.17, 15) is 9.90 Å². The van der Waals surface area contributed by atoms with E-state index >= 15 is 0 Å². The quantitative estimate of drug-likeness (QED) is 0.332. The summed E-state index contributed by atoms with van der Waals surface area (Å²) in [4.78, 5) is 20.5. The molecule has 0 fully saturated rings. The second-order valence-corrected chi connectivity index (χ2v) is 8.42. The van der Waals surface area contributed by atoms with Gasteiger partial charge in [-0.3, -0.25) is 4.79 Å². The number of benzene rings is 2. The number of hydrogen-bond acceptors (Lipinski definition) is 5. The lowest BCUT2D eigenvalue weighted by Gasteiger charge is -2.10. The second-order valence-electron chi connectivity index (χ2n) is 6.11. The van der Waals surface area contributed by atoms with Crippen LogP contribution in [0.1, 0.15) is 18.1 Å². The van der Waals surface area contributed by atoms with Crippen molar-refractivity contribution in [1.82, 2.24) is 9.97 Å². The van der Waals surface area contributed by atoms with E-state index in [-0.39, 0.29) is 0 Å². The molecule has 0 bridgehead atoms. The third-order valence-corrected chi connectivity index (χ3v) is 5.81. The third-order valence-electron chi connectivity index (χ3n) is 3.89. The molecule has 0 spiro atoms. The molecule has 3 rings (SSSR count). The molecule has 1 heterocycles. The molecule has 0 radical (unpaired) electrons. The average molecular weight is 397 g/mol. The van der Waals surface area contributed by atoms with Crippen molar-refractivity contribution in [3.63, 3.8) is 0 Å². The minimum Gasteiger partial charge on any atom is -0.480 e. The first kappa shape index (κ1) is 19.5. The fraction of sp³-hybridized carbons (Fsp3) is 0.190. The van der Waals surface area contributed by atoms with Crippen LogP contribution in [0.5, 0.6) is 0 Å². The van der Waals surface area contributed by atoms with Crippen LogP contribution in [-0.4, -0.2) is 26.3 Å². The molecule has 1 atom stereocenters. The van der Waals surface area contributed by atoms with E-state index in [0.29, 0.717) is 10.2 Å². The van der Waals surface area contributed by atoms with Gasteiger partial charge in [-0.05, 0) is 25.5 Å². The molecular formula is C21H20N2O2S2. The Hall–Kier alpha value is -2.31. The topological polar surface area (TPSA) is 63.1 Å². The normalized spacial score (nSPS) is 11.9. The standard InChI is InChI=1S/C21H20N2O2S2/c1-14-8-10-16(11-9-14)13-26-21-22-18(17-6-4-3-5-7-17)12-19(23-21)27-15(2)20(24)25/h3-12,15H,13H2,1-2H3,(H,24,25). The maximum Gasteiger partial charge on any atom is 0.316 e. The van der Waals surface area contributed by atoms with Crippen LogP contribution in [0.25, 0.3) is 11.3 Å². The average Bonchev–Trinajstić information content (AvgIpc) is 2.68. The smallest absolute Gasteiger partial charge is 0.316 e. The van der Waals surface area contributed by atoms with Crippen molar-refractivity contribution in [2.45, 2.75) is 35.0 Å². The molecule has 0 saturated carbocycles. The van der Waals surface area contributed by atoms with Crippen LogP contribution in [0.2, 0.25) is 0 Å². The molecule has 0 aliphatic heterocycles. The molecular weight excluding hydrogens is 376 g/mol. The third kappa shape index (κ3) is 5.58. The number of hydrogen-bond donors (Lipinski definition) is 1. The van der Waals surface area contributed by atoms with Gasteiger partial charge >= 0.3 is 5.97 Å². The Bertz CT molecular complexity index is 915. The largest absolute Gasteiger partial charge is 0.480 e. The Morgan fingerprint density at radius 1 is 1.07 bits per heavy atom. The minimum atomic E-state index is -0.853. The molecule has 0 aliphatic carbocycles. The Morgan fingerprint density at radius 2 is 1.78 bits per heavy atom. The van der Waals surface area contributed by atoms with Gasteiger partial charge < -0.3 is 5.11 Å². The van der Waals surface area contributed by atoms with E-state index in [1.807, 2.05) is 36.4 Å². The Balaban J connectivity index is 1.86. The lowest BCUT2D eigenvalue weighted by atomic mass is 10.1. The monoisotopic (exact) mass is 396 g/mol. The van der Waals surface area contributed by atoms with Crippen molar-refractivity contribution in [2.24, 2.45) is 0 Å². The van der Waals surface area contributed by atoms with Crippen molar-refractivity contribution < 1.29 is 9.90 Å². The molecule has 1 N–H and O–H groups in total. The highest BCUT2D eigenvalue weighted by molar-refractivity contribution is 8.00. The summed E-state index contributed by atoms with van der Waals surface area (Å²) in [5.41, 5.74) is 4.22. The minimum absolute atomic E-state index is 0.571. The molecule has 27 heavy (non-hydrogen) atoms. The van der Waals surface area contributed by atoms with E-state index < -0.39 is 11.2 Å². The summed E-state index contributed by atoms with van der Waals surface area (Å²) in [5, 5.41) is 9.95. The summed E-state index contributed by atoms with van der Waals surface area (Å²) in [6.45, 7) is 3.73. The number of aryl methyl sites for hydroxylation is 1. The van der Waals surface area contributed by atoms with E-state index in [2.05, 4.69) is 41.2 Å². The summed E-state index contributed by atoms with van der Waals surface area (Å²) in [6.07, 6.45) is 0. The number of carboxylic acid groups (broad SMARTS) is 1. The van der Waals surface area contributed by atoms with Crippen molar-refractivity contribution in [2.75, 3.05) is 0 Å². The maximum atomic E-state index is 11.2. The summed E-state index contributed by atoms with van der Waals surface area (Å²) < 4.78 is 0. The van der Waals surface area contributed by atoms with Gasteiger partial charge in [-0.25, -0.2) is 9.97 Å². The van der Waals surface area contributed by atoms with Crippen molar-refractivity contribution in [1.29, 1.82) is 0 Å². The summed E-state index contributed by atoms with van der Waals surface area (Å²) in [6, 6.07) is 20.1. The summed E-state index contributed by atoms with van der Waals surface area (Å²) >= 11 is 2.79. The maximum absolute atomic E-state index is 11.2. The zero-order valence-corrected chi connectivity index (χ0v) is 16.8. The predicted octanol–water partition coefficient (Wildman–Crippen LogP) is 5.31. The van der Waals surface area contributed by atoms with Gasteiger partial charge in [-0.2, -0.15) is 0 Å². The van der Waals surface area contributed by atoms with Gasteiger partial charge in [0.25, 0.3) is 0 Å².